The van der Waals surface area contributed by atoms with Crippen LogP contribution in [-0.2, 0) is 13.1 Å². The minimum atomic E-state index is 0.226. The van der Waals surface area contributed by atoms with E-state index in [4.69, 9.17) is 9.72 Å². The maximum Gasteiger partial charge on any atom is 0.145 e. The van der Waals surface area contributed by atoms with Crippen molar-refractivity contribution < 1.29 is 9.84 Å². The summed E-state index contributed by atoms with van der Waals surface area (Å²) in [6, 6.07) is 12.8. The Morgan fingerprint density at radius 2 is 2.11 bits per heavy atom. The number of hydrogen-bond donors (Lipinski definition) is 1. The molecular weight excluding hydrogens is 370 g/mol. The second-order valence-electron chi connectivity index (χ2n) is 7.34. The van der Waals surface area contributed by atoms with E-state index in [1.807, 2.05) is 12.1 Å². The first kappa shape index (κ1) is 19.3. The number of piperazine rings is 1. The van der Waals surface area contributed by atoms with Gasteiger partial charge in [-0.3, -0.25) is 9.80 Å². The van der Waals surface area contributed by atoms with Crippen LogP contribution in [0.1, 0.15) is 17.7 Å². The molecule has 1 aliphatic rings. The average Bonchev–Trinajstić information content (AvgIpc) is 3.23. The molecule has 4 rings (SSSR count). The summed E-state index contributed by atoms with van der Waals surface area (Å²) in [5, 5.41) is 15.0. The molecule has 0 spiro atoms. The van der Waals surface area contributed by atoms with Gasteiger partial charge in [-0.25, -0.2) is 4.98 Å². The Morgan fingerprint density at radius 3 is 2.89 bits per heavy atom. The topological polar surface area (TPSA) is 48.8 Å². The molecule has 2 aromatic heterocycles. The van der Waals surface area contributed by atoms with Crippen LogP contribution >= 0.6 is 11.3 Å². The first-order chi connectivity index (χ1) is 13.8. The highest BCUT2D eigenvalue weighted by Crippen LogP contribution is 2.25. The largest absolute Gasteiger partial charge is 0.494 e. The number of ether oxygens (including phenoxy) is 1. The summed E-state index contributed by atoms with van der Waals surface area (Å²) in [4.78, 5) is 9.82. The number of hydrogen-bond acceptors (Lipinski definition) is 6. The Hall–Kier alpha value is -1.99. The summed E-state index contributed by atoms with van der Waals surface area (Å²) in [5.41, 5.74) is 3.35. The van der Waals surface area contributed by atoms with Gasteiger partial charge in [-0.15, -0.1) is 0 Å². The van der Waals surface area contributed by atoms with Crippen LogP contribution in [0.5, 0.6) is 5.75 Å². The Balaban J connectivity index is 1.46. The third kappa shape index (κ3) is 4.36. The van der Waals surface area contributed by atoms with Gasteiger partial charge in [0.25, 0.3) is 0 Å². The molecule has 1 aliphatic heterocycles. The molecule has 1 N–H and O–H groups in total. The summed E-state index contributed by atoms with van der Waals surface area (Å²) < 4.78 is 5.48. The third-order valence-corrected chi connectivity index (χ3v) is 6.20. The van der Waals surface area contributed by atoms with Gasteiger partial charge in [-0.1, -0.05) is 18.2 Å². The fraction of sp³-hybridized carbons (Fsp3) is 0.409. The predicted molar refractivity (Wildman–Crippen MR) is 114 cm³/mol. The second-order valence-corrected chi connectivity index (χ2v) is 8.12. The number of pyridine rings is 1. The zero-order chi connectivity index (χ0) is 19.3. The van der Waals surface area contributed by atoms with Crippen molar-refractivity contribution in [2.75, 3.05) is 33.4 Å². The van der Waals surface area contributed by atoms with Crippen LogP contribution < -0.4 is 4.74 Å². The van der Waals surface area contributed by atoms with Crippen molar-refractivity contribution >= 4 is 22.2 Å². The molecule has 1 aromatic carbocycles. The van der Waals surface area contributed by atoms with E-state index in [0.717, 1.165) is 61.5 Å². The first-order valence-corrected chi connectivity index (χ1v) is 10.7. The van der Waals surface area contributed by atoms with E-state index in [1.54, 1.807) is 18.4 Å². The van der Waals surface area contributed by atoms with Gasteiger partial charge in [-0.05, 0) is 40.9 Å². The van der Waals surface area contributed by atoms with Gasteiger partial charge < -0.3 is 9.84 Å². The van der Waals surface area contributed by atoms with E-state index in [1.165, 1.54) is 5.56 Å². The number of fused-ring (bicyclic) bond motifs is 1. The number of para-hydroxylation sites is 1. The zero-order valence-electron chi connectivity index (χ0n) is 16.3. The monoisotopic (exact) mass is 397 g/mol. The molecule has 148 valence electrons. The average molecular weight is 398 g/mol. The van der Waals surface area contributed by atoms with Crippen LogP contribution in [0.25, 0.3) is 10.9 Å². The molecule has 1 fully saturated rings. The number of aromatic nitrogens is 1. The maximum absolute atomic E-state index is 9.55. The normalized spacial score (nSPS) is 18.6. The molecule has 1 unspecified atom stereocenters. The highest BCUT2D eigenvalue weighted by molar-refractivity contribution is 7.07. The lowest BCUT2D eigenvalue weighted by Gasteiger charge is -2.41. The van der Waals surface area contributed by atoms with Crippen molar-refractivity contribution in [3.63, 3.8) is 0 Å². The number of rotatable bonds is 7. The van der Waals surface area contributed by atoms with Crippen molar-refractivity contribution in [1.82, 2.24) is 14.8 Å². The molecular formula is C22H27N3O2S. The van der Waals surface area contributed by atoms with Gasteiger partial charge in [0.1, 0.15) is 11.3 Å². The van der Waals surface area contributed by atoms with Crippen LogP contribution in [-0.4, -0.2) is 59.3 Å². The highest BCUT2D eigenvalue weighted by Gasteiger charge is 2.27. The molecule has 0 radical (unpaired) electrons. The van der Waals surface area contributed by atoms with E-state index < -0.39 is 0 Å². The van der Waals surface area contributed by atoms with Gasteiger partial charge in [0.2, 0.25) is 0 Å². The van der Waals surface area contributed by atoms with Crippen molar-refractivity contribution in [3.05, 3.63) is 58.4 Å². The maximum atomic E-state index is 9.55. The number of thiophene rings is 1. The Kier molecular flexibility index (Phi) is 6.22. The fourth-order valence-corrected chi connectivity index (χ4v) is 4.65. The molecule has 0 amide bonds. The summed E-state index contributed by atoms with van der Waals surface area (Å²) in [6.45, 7) is 4.99. The molecule has 5 nitrogen and oxygen atoms in total. The van der Waals surface area contributed by atoms with E-state index in [2.05, 4.69) is 44.8 Å². The van der Waals surface area contributed by atoms with E-state index in [9.17, 15) is 5.11 Å². The lowest BCUT2D eigenvalue weighted by molar-refractivity contribution is 0.0495. The summed E-state index contributed by atoms with van der Waals surface area (Å²) in [5.74, 6) is 0.818. The molecule has 0 bridgehead atoms. The van der Waals surface area contributed by atoms with E-state index >= 15 is 0 Å². The molecule has 1 saturated heterocycles. The standard InChI is InChI=1S/C22H27N3O2S/c1-27-21-4-2-3-18-5-6-19(23-22(18)21)14-24-9-10-25(20(15-24)7-11-26)13-17-8-12-28-16-17/h2-6,8,12,16,20,26H,7,9-11,13-15H2,1H3. The number of nitrogens with zero attached hydrogens (tertiary/aromatic N) is 3. The Labute approximate surface area is 170 Å². The number of methoxy groups -OCH3 is 1. The van der Waals surface area contributed by atoms with Crippen LogP contribution in [0, 0.1) is 0 Å². The Morgan fingerprint density at radius 1 is 1.18 bits per heavy atom. The minimum absolute atomic E-state index is 0.226. The zero-order valence-corrected chi connectivity index (χ0v) is 17.1. The van der Waals surface area contributed by atoms with E-state index in [0.29, 0.717) is 6.04 Å². The second kappa shape index (κ2) is 9.01. The van der Waals surface area contributed by atoms with Gasteiger partial charge in [0.05, 0.1) is 12.8 Å². The molecule has 28 heavy (non-hydrogen) atoms. The molecule has 3 aromatic rings. The quantitative estimate of drug-likeness (QED) is 0.662. The van der Waals surface area contributed by atoms with Crippen molar-refractivity contribution in [2.45, 2.75) is 25.6 Å². The van der Waals surface area contributed by atoms with Crippen molar-refractivity contribution in [1.29, 1.82) is 0 Å². The van der Waals surface area contributed by atoms with E-state index in [-0.39, 0.29) is 6.61 Å². The number of benzene rings is 1. The summed E-state index contributed by atoms with van der Waals surface area (Å²) in [6.07, 6.45) is 0.805. The highest BCUT2D eigenvalue weighted by atomic mass is 32.1. The van der Waals surface area contributed by atoms with Crippen molar-refractivity contribution in [2.24, 2.45) is 0 Å². The molecule has 1 atom stereocenters. The van der Waals surface area contributed by atoms with Crippen LogP contribution in [0.15, 0.2) is 47.2 Å². The van der Waals surface area contributed by atoms with Gasteiger partial charge in [0, 0.05) is 50.8 Å². The Bertz CT molecular complexity index is 900. The molecule has 0 saturated carbocycles. The molecule has 3 heterocycles. The first-order valence-electron chi connectivity index (χ1n) is 9.78. The van der Waals surface area contributed by atoms with Gasteiger partial charge >= 0.3 is 0 Å². The third-order valence-electron chi connectivity index (χ3n) is 5.46. The van der Waals surface area contributed by atoms with Crippen LogP contribution in [0.3, 0.4) is 0 Å². The summed E-state index contributed by atoms with van der Waals surface area (Å²) >= 11 is 1.74. The fourth-order valence-electron chi connectivity index (χ4n) is 3.99. The molecule has 0 aliphatic carbocycles. The smallest absolute Gasteiger partial charge is 0.145 e. The van der Waals surface area contributed by atoms with Gasteiger partial charge in [0.15, 0.2) is 0 Å². The van der Waals surface area contributed by atoms with Gasteiger partial charge in [-0.2, -0.15) is 11.3 Å². The predicted octanol–water partition coefficient (Wildman–Crippen LogP) is 3.37. The van der Waals surface area contributed by atoms with Crippen LogP contribution in [0.4, 0.5) is 0 Å². The lowest BCUT2D eigenvalue weighted by atomic mass is 10.1. The SMILES string of the molecule is COc1cccc2ccc(CN3CCN(Cc4ccsc4)C(CCO)C3)nc12. The van der Waals surface area contributed by atoms with Crippen molar-refractivity contribution in [3.8, 4) is 5.75 Å². The number of aliphatic hydroxyl groups is 1. The number of aliphatic hydroxyl groups excluding tert-OH is 1. The lowest BCUT2D eigenvalue weighted by Crippen LogP contribution is -2.52. The van der Waals surface area contributed by atoms with Crippen LogP contribution in [0.2, 0.25) is 0 Å². The summed E-state index contributed by atoms with van der Waals surface area (Å²) in [7, 11) is 1.69. The minimum Gasteiger partial charge on any atom is -0.494 e. The molecule has 6 heteroatoms.